The van der Waals surface area contributed by atoms with Crippen molar-refractivity contribution in [1.29, 1.82) is 5.26 Å². The van der Waals surface area contributed by atoms with Gasteiger partial charge >= 0.3 is 0 Å². The van der Waals surface area contributed by atoms with Crippen LogP contribution in [0.2, 0.25) is 0 Å². The molecule has 0 radical (unpaired) electrons. The van der Waals surface area contributed by atoms with Gasteiger partial charge in [0.2, 0.25) is 0 Å². The molecule has 5 heteroatoms. The van der Waals surface area contributed by atoms with E-state index in [4.69, 9.17) is 15.8 Å². The zero-order valence-electron chi connectivity index (χ0n) is 9.63. The summed E-state index contributed by atoms with van der Waals surface area (Å²) in [4.78, 5) is 4.07. The standard InChI is InChI=1S/C13H12N4O/c14-8-10-4-1-2-6-12(10)18-9-11-5-3-7-16-13(11)17-15/h1-7H,9,15H2,(H,16,17). The van der Waals surface area contributed by atoms with Crippen LogP contribution >= 0.6 is 0 Å². The molecule has 1 heterocycles. The molecule has 0 bridgehead atoms. The highest BCUT2D eigenvalue weighted by Crippen LogP contribution is 2.19. The molecule has 0 aliphatic carbocycles. The summed E-state index contributed by atoms with van der Waals surface area (Å²) in [5.74, 6) is 6.47. The molecule has 0 aliphatic rings. The second-order valence-corrected chi connectivity index (χ2v) is 3.55. The van der Waals surface area contributed by atoms with E-state index in [0.29, 0.717) is 23.7 Å². The Kier molecular flexibility index (Phi) is 3.74. The number of hydrogen-bond donors (Lipinski definition) is 2. The van der Waals surface area contributed by atoms with Gasteiger partial charge in [0.25, 0.3) is 0 Å². The van der Waals surface area contributed by atoms with E-state index >= 15 is 0 Å². The molecule has 0 fully saturated rings. The molecule has 0 atom stereocenters. The van der Waals surface area contributed by atoms with Crippen molar-refractivity contribution in [3.63, 3.8) is 0 Å². The topological polar surface area (TPSA) is 84.0 Å². The fraction of sp³-hybridized carbons (Fsp3) is 0.0769. The number of anilines is 1. The van der Waals surface area contributed by atoms with Gasteiger partial charge in [0.15, 0.2) is 0 Å². The van der Waals surface area contributed by atoms with E-state index in [1.807, 2.05) is 12.1 Å². The van der Waals surface area contributed by atoms with Crippen molar-refractivity contribution in [2.24, 2.45) is 5.84 Å². The largest absolute Gasteiger partial charge is 0.487 e. The number of nitriles is 1. The number of nitrogens with two attached hydrogens (primary N) is 1. The number of para-hydroxylation sites is 1. The van der Waals surface area contributed by atoms with Crippen LogP contribution in [0.5, 0.6) is 5.75 Å². The fourth-order valence-electron chi connectivity index (χ4n) is 1.53. The number of rotatable bonds is 4. The molecule has 0 saturated carbocycles. The number of nitrogens with zero attached hydrogens (tertiary/aromatic N) is 2. The molecule has 0 aliphatic heterocycles. The van der Waals surface area contributed by atoms with E-state index in [1.54, 1.807) is 30.5 Å². The minimum absolute atomic E-state index is 0.298. The number of nitrogens with one attached hydrogen (secondary N) is 1. The smallest absolute Gasteiger partial charge is 0.146 e. The Morgan fingerprint density at radius 3 is 2.89 bits per heavy atom. The van der Waals surface area contributed by atoms with Crippen LogP contribution in [0.25, 0.3) is 0 Å². The van der Waals surface area contributed by atoms with Crippen molar-refractivity contribution < 1.29 is 4.74 Å². The molecule has 0 amide bonds. The van der Waals surface area contributed by atoms with Crippen molar-refractivity contribution in [2.75, 3.05) is 5.43 Å². The number of ether oxygens (including phenoxy) is 1. The first-order valence-corrected chi connectivity index (χ1v) is 5.37. The van der Waals surface area contributed by atoms with Crippen molar-refractivity contribution in [1.82, 2.24) is 4.98 Å². The van der Waals surface area contributed by atoms with E-state index in [9.17, 15) is 0 Å². The summed E-state index contributed by atoms with van der Waals surface area (Å²) in [6, 6.07) is 12.8. The Morgan fingerprint density at radius 2 is 2.11 bits per heavy atom. The molecule has 5 nitrogen and oxygen atoms in total. The number of benzene rings is 1. The van der Waals surface area contributed by atoms with Crippen LogP contribution in [0.15, 0.2) is 42.6 Å². The van der Waals surface area contributed by atoms with Gasteiger partial charge in [0.1, 0.15) is 24.2 Å². The Balaban J connectivity index is 2.14. The lowest BCUT2D eigenvalue weighted by molar-refractivity contribution is 0.305. The normalized spacial score (nSPS) is 9.56. The lowest BCUT2D eigenvalue weighted by Crippen LogP contribution is -2.12. The maximum atomic E-state index is 8.94. The van der Waals surface area contributed by atoms with Crippen LogP contribution in [0.3, 0.4) is 0 Å². The van der Waals surface area contributed by atoms with Crippen LogP contribution in [-0.4, -0.2) is 4.98 Å². The zero-order chi connectivity index (χ0) is 12.8. The molecular weight excluding hydrogens is 228 g/mol. The molecule has 18 heavy (non-hydrogen) atoms. The first-order valence-electron chi connectivity index (χ1n) is 5.37. The molecule has 2 aromatic rings. The molecular formula is C13H12N4O. The Morgan fingerprint density at radius 1 is 1.28 bits per heavy atom. The van der Waals surface area contributed by atoms with Gasteiger partial charge in [-0.15, -0.1) is 0 Å². The molecule has 3 N–H and O–H groups in total. The van der Waals surface area contributed by atoms with Crippen LogP contribution in [-0.2, 0) is 6.61 Å². The summed E-state index contributed by atoms with van der Waals surface area (Å²) in [6.45, 7) is 0.298. The summed E-state index contributed by atoms with van der Waals surface area (Å²) in [7, 11) is 0. The molecule has 1 aromatic carbocycles. The van der Waals surface area contributed by atoms with Gasteiger partial charge in [0, 0.05) is 11.8 Å². The second-order valence-electron chi connectivity index (χ2n) is 3.55. The Labute approximate surface area is 105 Å². The van der Waals surface area contributed by atoms with E-state index < -0.39 is 0 Å². The molecule has 1 aromatic heterocycles. The Bertz CT molecular complexity index is 577. The van der Waals surface area contributed by atoms with Gasteiger partial charge in [0.05, 0.1) is 5.56 Å². The predicted molar refractivity (Wildman–Crippen MR) is 67.5 cm³/mol. The van der Waals surface area contributed by atoms with E-state index in [0.717, 1.165) is 5.56 Å². The van der Waals surface area contributed by atoms with Crippen molar-refractivity contribution in [2.45, 2.75) is 6.61 Å². The lowest BCUT2D eigenvalue weighted by Gasteiger charge is -2.10. The summed E-state index contributed by atoms with van der Waals surface area (Å²) in [5, 5.41) is 8.94. The highest BCUT2D eigenvalue weighted by atomic mass is 16.5. The monoisotopic (exact) mass is 240 g/mol. The average molecular weight is 240 g/mol. The minimum atomic E-state index is 0.298. The summed E-state index contributed by atoms with van der Waals surface area (Å²) >= 11 is 0. The quantitative estimate of drug-likeness (QED) is 0.629. The van der Waals surface area contributed by atoms with Crippen LogP contribution < -0.4 is 16.0 Å². The maximum absolute atomic E-state index is 8.94. The molecule has 0 saturated heterocycles. The maximum Gasteiger partial charge on any atom is 0.146 e. The first kappa shape index (κ1) is 11.9. The highest BCUT2D eigenvalue weighted by molar-refractivity contribution is 5.44. The first-order chi connectivity index (χ1) is 8.85. The number of nitrogen functional groups attached to an aromatic ring is 1. The number of aromatic nitrogens is 1. The van der Waals surface area contributed by atoms with Gasteiger partial charge in [-0.2, -0.15) is 5.26 Å². The number of pyridine rings is 1. The SMILES string of the molecule is N#Cc1ccccc1OCc1cccnc1NN. The third-order valence-corrected chi connectivity index (χ3v) is 2.42. The highest BCUT2D eigenvalue weighted by Gasteiger charge is 2.05. The van der Waals surface area contributed by atoms with Gasteiger partial charge in [-0.05, 0) is 18.2 Å². The van der Waals surface area contributed by atoms with Crippen LogP contribution in [0.4, 0.5) is 5.82 Å². The van der Waals surface area contributed by atoms with E-state index in [-0.39, 0.29) is 0 Å². The molecule has 90 valence electrons. The van der Waals surface area contributed by atoms with Crippen molar-refractivity contribution in [3.8, 4) is 11.8 Å². The van der Waals surface area contributed by atoms with Crippen LogP contribution in [0, 0.1) is 11.3 Å². The number of hydrogen-bond acceptors (Lipinski definition) is 5. The van der Waals surface area contributed by atoms with Crippen LogP contribution in [0.1, 0.15) is 11.1 Å². The van der Waals surface area contributed by atoms with Gasteiger partial charge in [-0.3, -0.25) is 0 Å². The fourth-order valence-corrected chi connectivity index (χ4v) is 1.53. The second kappa shape index (κ2) is 5.66. The van der Waals surface area contributed by atoms with Gasteiger partial charge in [-0.25, -0.2) is 10.8 Å². The van der Waals surface area contributed by atoms with E-state index in [2.05, 4.69) is 16.5 Å². The van der Waals surface area contributed by atoms with Crippen molar-refractivity contribution >= 4 is 5.82 Å². The summed E-state index contributed by atoms with van der Waals surface area (Å²) < 4.78 is 5.60. The third-order valence-electron chi connectivity index (χ3n) is 2.42. The zero-order valence-corrected chi connectivity index (χ0v) is 9.63. The van der Waals surface area contributed by atoms with Gasteiger partial charge in [-0.1, -0.05) is 18.2 Å². The summed E-state index contributed by atoms with van der Waals surface area (Å²) in [6.07, 6.45) is 1.64. The third kappa shape index (κ3) is 2.56. The minimum Gasteiger partial charge on any atom is -0.487 e. The molecule has 2 rings (SSSR count). The lowest BCUT2D eigenvalue weighted by atomic mass is 10.2. The number of hydrazine groups is 1. The van der Waals surface area contributed by atoms with Crippen molar-refractivity contribution in [3.05, 3.63) is 53.7 Å². The molecule has 0 unspecified atom stereocenters. The average Bonchev–Trinajstić information content (AvgIpc) is 2.45. The van der Waals surface area contributed by atoms with Gasteiger partial charge < -0.3 is 10.2 Å². The summed E-state index contributed by atoms with van der Waals surface area (Å²) in [5.41, 5.74) is 3.83. The predicted octanol–water partition coefficient (Wildman–Crippen LogP) is 1.82. The molecule has 0 spiro atoms. The Hall–Kier alpha value is -2.58. The van der Waals surface area contributed by atoms with E-state index in [1.165, 1.54) is 0 Å².